The summed E-state index contributed by atoms with van der Waals surface area (Å²) < 4.78 is 10.0. The maximum Gasteiger partial charge on any atom is 0.302 e. The summed E-state index contributed by atoms with van der Waals surface area (Å²) in [4.78, 5) is 10.5. The van der Waals surface area contributed by atoms with Crippen LogP contribution in [0.3, 0.4) is 0 Å². The second-order valence-corrected chi connectivity index (χ2v) is 2.70. The zero-order valence-corrected chi connectivity index (χ0v) is 7.24. The molecule has 66 valence electrons. The second-order valence-electron chi connectivity index (χ2n) is 2.70. The summed E-state index contributed by atoms with van der Waals surface area (Å²) in [5, 5.41) is 0. The highest BCUT2D eigenvalue weighted by Crippen LogP contribution is 2.06. The normalized spacial score (nSPS) is 12.5. The van der Waals surface area contributed by atoms with E-state index in [2.05, 4.69) is 0 Å². The largest absolute Gasteiger partial charge is 0.469 e. The summed E-state index contributed by atoms with van der Waals surface area (Å²) in [7, 11) is 0. The summed E-state index contributed by atoms with van der Waals surface area (Å²) in [6.07, 6.45) is 2.12. The van der Waals surface area contributed by atoms with E-state index in [1.165, 1.54) is 6.92 Å². The van der Waals surface area contributed by atoms with E-state index < -0.39 is 0 Å². The van der Waals surface area contributed by atoms with E-state index in [0.717, 1.165) is 5.76 Å². The average Bonchev–Trinajstić information content (AvgIpc) is 2.37. The molecule has 0 bridgehead atoms. The Kier molecular flexibility index (Phi) is 2.91. The van der Waals surface area contributed by atoms with Crippen LogP contribution in [0.25, 0.3) is 0 Å². The van der Waals surface area contributed by atoms with Crippen LogP contribution in [0.1, 0.15) is 19.6 Å². The third-order valence-electron chi connectivity index (χ3n) is 1.44. The molecular formula is C9H12O3. The van der Waals surface area contributed by atoms with E-state index in [1.54, 1.807) is 6.26 Å². The van der Waals surface area contributed by atoms with Gasteiger partial charge in [0.05, 0.1) is 6.26 Å². The Hall–Kier alpha value is -1.25. The van der Waals surface area contributed by atoms with Crippen molar-refractivity contribution in [3.05, 3.63) is 24.2 Å². The van der Waals surface area contributed by atoms with Crippen molar-refractivity contribution in [1.82, 2.24) is 0 Å². The van der Waals surface area contributed by atoms with Gasteiger partial charge in [-0.1, -0.05) is 0 Å². The SMILES string of the molecule is CC(=O)OC(C)Cc1ccco1. The minimum Gasteiger partial charge on any atom is -0.469 e. The van der Waals surface area contributed by atoms with Crippen LogP contribution >= 0.6 is 0 Å². The van der Waals surface area contributed by atoms with E-state index in [-0.39, 0.29) is 12.1 Å². The van der Waals surface area contributed by atoms with Crippen LogP contribution in [0.15, 0.2) is 22.8 Å². The minimum atomic E-state index is -0.256. The van der Waals surface area contributed by atoms with Crippen molar-refractivity contribution in [3.8, 4) is 0 Å². The highest BCUT2D eigenvalue weighted by molar-refractivity contribution is 5.66. The summed E-state index contributed by atoms with van der Waals surface area (Å²) in [5.74, 6) is 0.581. The van der Waals surface area contributed by atoms with Gasteiger partial charge in [-0.25, -0.2) is 0 Å². The van der Waals surface area contributed by atoms with Gasteiger partial charge in [-0.2, -0.15) is 0 Å². The zero-order chi connectivity index (χ0) is 8.97. The van der Waals surface area contributed by atoms with Crippen LogP contribution in [0.5, 0.6) is 0 Å². The molecule has 12 heavy (non-hydrogen) atoms. The number of hydrogen-bond donors (Lipinski definition) is 0. The van der Waals surface area contributed by atoms with Crippen molar-refractivity contribution >= 4 is 5.97 Å². The van der Waals surface area contributed by atoms with Crippen molar-refractivity contribution in [3.63, 3.8) is 0 Å². The molecule has 3 nitrogen and oxygen atoms in total. The molecule has 0 aliphatic rings. The van der Waals surface area contributed by atoms with Crippen LogP contribution in [-0.4, -0.2) is 12.1 Å². The Balaban J connectivity index is 2.36. The average molecular weight is 168 g/mol. The van der Waals surface area contributed by atoms with Gasteiger partial charge in [0.2, 0.25) is 0 Å². The molecule has 1 rings (SSSR count). The Morgan fingerprint density at radius 3 is 3.00 bits per heavy atom. The molecule has 0 radical (unpaired) electrons. The number of carbonyl (C=O) groups is 1. The van der Waals surface area contributed by atoms with Crippen LogP contribution in [-0.2, 0) is 16.0 Å². The summed E-state index contributed by atoms with van der Waals surface area (Å²) in [6, 6.07) is 3.68. The smallest absolute Gasteiger partial charge is 0.302 e. The summed E-state index contributed by atoms with van der Waals surface area (Å²) in [5.41, 5.74) is 0. The molecule has 1 heterocycles. The standard InChI is InChI=1S/C9H12O3/c1-7(12-8(2)10)6-9-4-3-5-11-9/h3-5,7H,6H2,1-2H3. The fraction of sp³-hybridized carbons (Fsp3) is 0.444. The maximum absolute atomic E-state index is 10.5. The van der Waals surface area contributed by atoms with Crippen molar-refractivity contribution in [2.45, 2.75) is 26.4 Å². The zero-order valence-electron chi connectivity index (χ0n) is 7.24. The van der Waals surface area contributed by atoms with Gasteiger partial charge >= 0.3 is 5.97 Å². The predicted molar refractivity (Wildman–Crippen MR) is 43.6 cm³/mol. The summed E-state index contributed by atoms with van der Waals surface area (Å²) >= 11 is 0. The highest BCUT2D eigenvalue weighted by atomic mass is 16.5. The van der Waals surface area contributed by atoms with Gasteiger partial charge in [-0.15, -0.1) is 0 Å². The monoisotopic (exact) mass is 168 g/mol. The molecular weight excluding hydrogens is 156 g/mol. The molecule has 3 heteroatoms. The molecule has 0 saturated heterocycles. The first kappa shape index (κ1) is 8.84. The Labute approximate surface area is 71.3 Å². The van der Waals surface area contributed by atoms with Gasteiger partial charge in [0.25, 0.3) is 0 Å². The third kappa shape index (κ3) is 2.78. The van der Waals surface area contributed by atoms with Crippen LogP contribution in [0, 0.1) is 0 Å². The first-order chi connectivity index (χ1) is 5.68. The quantitative estimate of drug-likeness (QED) is 0.646. The summed E-state index contributed by atoms with van der Waals surface area (Å²) in [6.45, 7) is 3.24. The van der Waals surface area contributed by atoms with Gasteiger partial charge < -0.3 is 9.15 Å². The Morgan fingerprint density at radius 1 is 1.75 bits per heavy atom. The highest BCUT2D eigenvalue weighted by Gasteiger charge is 2.07. The topological polar surface area (TPSA) is 39.4 Å². The van der Waals surface area contributed by atoms with E-state index in [9.17, 15) is 4.79 Å². The number of furan rings is 1. The van der Waals surface area contributed by atoms with E-state index >= 15 is 0 Å². The molecule has 1 atom stereocenters. The van der Waals surface area contributed by atoms with Gasteiger partial charge in [0, 0.05) is 13.3 Å². The molecule has 0 saturated carbocycles. The first-order valence-electron chi connectivity index (χ1n) is 3.88. The van der Waals surface area contributed by atoms with Gasteiger partial charge in [0.15, 0.2) is 0 Å². The molecule has 1 aromatic heterocycles. The molecule has 1 aromatic rings. The number of carbonyl (C=O) groups excluding carboxylic acids is 1. The van der Waals surface area contributed by atoms with Crippen LogP contribution < -0.4 is 0 Å². The van der Waals surface area contributed by atoms with Crippen molar-refractivity contribution in [2.24, 2.45) is 0 Å². The van der Waals surface area contributed by atoms with Gasteiger partial charge in [0.1, 0.15) is 11.9 Å². The molecule has 0 aliphatic heterocycles. The molecule has 0 amide bonds. The van der Waals surface area contributed by atoms with E-state index in [1.807, 2.05) is 19.1 Å². The van der Waals surface area contributed by atoms with Crippen LogP contribution in [0.4, 0.5) is 0 Å². The molecule has 0 fully saturated rings. The number of esters is 1. The van der Waals surface area contributed by atoms with Crippen LogP contribution in [0.2, 0.25) is 0 Å². The lowest BCUT2D eigenvalue weighted by molar-refractivity contribution is -0.145. The lowest BCUT2D eigenvalue weighted by atomic mass is 10.2. The van der Waals surface area contributed by atoms with Crippen molar-refractivity contribution in [2.75, 3.05) is 0 Å². The van der Waals surface area contributed by atoms with Gasteiger partial charge in [-0.05, 0) is 19.1 Å². The fourth-order valence-corrected chi connectivity index (χ4v) is 1.04. The number of ether oxygens (including phenoxy) is 1. The predicted octanol–water partition coefficient (Wildman–Crippen LogP) is 1.77. The Bertz CT molecular complexity index is 238. The second kappa shape index (κ2) is 3.95. The Morgan fingerprint density at radius 2 is 2.50 bits per heavy atom. The van der Waals surface area contributed by atoms with Crippen molar-refractivity contribution in [1.29, 1.82) is 0 Å². The van der Waals surface area contributed by atoms with Crippen molar-refractivity contribution < 1.29 is 13.9 Å². The fourth-order valence-electron chi connectivity index (χ4n) is 1.04. The third-order valence-corrected chi connectivity index (χ3v) is 1.44. The molecule has 0 N–H and O–H groups in total. The minimum absolute atomic E-state index is 0.117. The number of rotatable bonds is 3. The molecule has 1 unspecified atom stereocenters. The first-order valence-corrected chi connectivity index (χ1v) is 3.88. The molecule has 0 aliphatic carbocycles. The lowest BCUT2D eigenvalue weighted by Gasteiger charge is -2.08. The molecule has 0 spiro atoms. The molecule has 0 aromatic carbocycles. The number of hydrogen-bond acceptors (Lipinski definition) is 3. The van der Waals surface area contributed by atoms with Gasteiger partial charge in [-0.3, -0.25) is 4.79 Å². The van der Waals surface area contributed by atoms with E-state index in [4.69, 9.17) is 9.15 Å². The van der Waals surface area contributed by atoms with E-state index in [0.29, 0.717) is 6.42 Å². The lowest BCUT2D eigenvalue weighted by Crippen LogP contribution is -2.14. The maximum atomic E-state index is 10.5.